The van der Waals surface area contributed by atoms with E-state index in [1.54, 1.807) is 25.1 Å². The molecular formula is C18H15N3O3. The Bertz CT molecular complexity index is 938. The van der Waals surface area contributed by atoms with Crippen LogP contribution < -0.4 is 5.32 Å². The van der Waals surface area contributed by atoms with Crippen molar-refractivity contribution in [3.05, 3.63) is 81.5 Å². The minimum Gasteiger partial charge on any atom is -0.348 e. The van der Waals surface area contributed by atoms with Crippen molar-refractivity contribution in [3.8, 4) is 0 Å². The van der Waals surface area contributed by atoms with Crippen LogP contribution in [0.3, 0.4) is 0 Å². The highest BCUT2D eigenvalue weighted by Gasteiger charge is 2.12. The second-order valence-electron chi connectivity index (χ2n) is 5.42. The Morgan fingerprint density at radius 1 is 1.17 bits per heavy atom. The summed E-state index contributed by atoms with van der Waals surface area (Å²) in [5, 5.41) is 14.5. The molecule has 24 heavy (non-hydrogen) atoms. The normalized spacial score (nSPS) is 10.5. The molecule has 120 valence electrons. The summed E-state index contributed by atoms with van der Waals surface area (Å²) in [6, 6.07) is 15.6. The SMILES string of the molecule is Cc1nc2ccccc2cc1C(=O)NCc1cccc([N+](=O)[O-])c1. The second-order valence-corrected chi connectivity index (χ2v) is 5.42. The largest absolute Gasteiger partial charge is 0.348 e. The van der Waals surface area contributed by atoms with Crippen molar-refractivity contribution in [1.29, 1.82) is 0 Å². The average Bonchev–Trinajstić information content (AvgIpc) is 2.59. The van der Waals surface area contributed by atoms with Gasteiger partial charge in [0.25, 0.3) is 11.6 Å². The number of nitro benzene ring substituents is 1. The number of nitrogens with zero attached hydrogens (tertiary/aromatic N) is 2. The standard InChI is InChI=1S/C18H15N3O3/c1-12-16(10-14-6-2-3-8-17(14)20-12)18(22)19-11-13-5-4-7-15(9-13)21(23)24/h2-10H,11H2,1H3,(H,19,22). The predicted molar refractivity (Wildman–Crippen MR) is 90.7 cm³/mol. The molecule has 0 aliphatic carbocycles. The van der Waals surface area contributed by atoms with Crippen molar-refractivity contribution in [2.24, 2.45) is 0 Å². The Kier molecular flexibility index (Phi) is 4.20. The van der Waals surface area contributed by atoms with Gasteiger partial charge in [0.1, 0.15) is 0 Å². The molecule has 0 aliphatic heterocycles. The molecule has 6 nitrogen and oxygen atoms in total. The molecule has 0 saturated carbocycles. The van der Waals surface area contributed by atoms with Gasteiger partial charge in [-0.1, -0.05) is 30.3 Å². The van der Waals surface area contributed by atoms with Gasteiger partial charge in [-0.15, -0.1) is 0 Å². The summed E-state index contributed by atoms with van der Waals surface area (Å²) in [5.41, 5.74) is 2.66. The highest BCUT2D eigenvalue weighted by Crippen LogP contribution is 2.17. The van der Waals surface area contributed by atoms with Gasteiger partial charge in [-0.25, -0.2) is 0 Å². The molecule has 0 aliphatic rings. The molecule has 0 radical (unpaired) electrons. The van der Waals surface area contributed by atoms with Crippen molar-refractivity contribution in [1.82, 2.24) is 10.3 Å². The van der Waals surface area contributed by atoms with E-state index in [4.69, 9.17) is 0 Å². The third kappa shape index (κ3) is 3.22. The van der Waals surface area contributed by atoms with Gasteiger partial charge in [0, 0.05) is 24.1 Å². The summed E-state index contributed by atoms with van der Waals surface area (Å²) < 4.78 is 0. The number of nitrogens with one attached hydrogen (secondary N) is 1. The summed E-state index contributed by atoms with van der Waals surface area (Å²) in [7, 11) is 0. The van der Waals surface area contributed by atoms with Gasteiger partial charge in [0.2, 0.25) is 0 Å². The molecule has 1 amide bonds. The third-order valence-corrected chi connectivity index (χ3v) is 3.73. The van der Waals surface area contributed by atoms with E-state index in [9.17, 15) is 14.9 Å². The van der Waals surface area contributed by atoms with Crippen LogP contribution in [0.5, 0.6) is 0 Å². The lowest BCUT2D eigenvalue weighted by Crippen LogP contribution is -2.24. The van der Waals surface area contributed by atoms with Gasteiger partial charge in [-0.3, -0.25) is 19.9 Å². The van der Waals surface area contributed by atoms with Crippen LogP contribution >= 0.6 is 0 Å². The van der Waals surface area contributed by atoms with Gasteiger partial charge in [0.05, 0.1) is 21.7 Å². The van der Waals surface area contributed by atoms with E-state index in [2.05, 4.69) is 10.3 Å². The Morgan fingerprint density at radius 3 is 2.75 bits per heavy atom. The summed E-state index contributed by atoms with van der Waals surface area (Å²) in [5.74, 6) is -0.253. The van der Waals surface area contributed by atoms with E-state index < -0.39 is 4.92 Å². The first-order valence-corrected chi connectivity index (χ1v) is 7.42. The lowest BCUT2D eigenvalue weighted by Gasteiger charge is -2.09. The van der Waals surface area contributed by atoms with Gasteiger partial charge in [-0.05, 0) is 24.6 Å². The maximum Gasteiger partial charge on any atom is 0.269 e. The fourth-order valence-electron chi connectivity index (χ4n) is 2.50. The molecule has 3 rings (SSSR count). The van der Waals surface area contributed by atoms with Crippen molar-refractivity contribution in [3.63, 3.8) is 0 Å². The maximum absolute atomic E-state index is 12.4. The number of benzene rings is 2. The number of hydrogen-bond donors (Lipinski definition) is 1. The zero-order valence-corrected chi connectivity index (χ0v) is 13.0. The molecule has 3 aromatic rings. The van der Waals surface area contributed by atoms with Crippen molar-refractivity contribution in [2.75, 3.05) is 0 Å². The number of pyridine rings is 1. The van der Waals surface area contributed by atoms with E-state index in [0.29, 0.717) is 16.8 Å². The highest BCUT2D eigenvalue weighted by molar-refractivity contribution is 5.98. The molecule has 1 heterocycles. The van der Waals surface area contributed by atoms with Crippen LogP contribution in [-0.4, -0.2) is 15.8 Å². The van der Waals surface area contributed by atoms with E-state index in [-0.39, 0.29) is 18.1 Å². The lowest BCUT2D eigenvalue weighted by atomic mass is 10.1. The first kappa shape index (κ1) is 15.6. The summed E-state index contributed by atoms with van der Waals surface area (Å²) in [6.45, 7) is 2.00. The zero-order valence-electron chi connectivity index (χ0n) is 13.0. The van der Waals surface area contributed by atoms with Crippen LogP contribution in [0, 0.1) is 17.0 Å². The van der Waals surface area contributed by atoms with E-state index >= 15 is 0 Å². The van der Waals surface area contributed by atoms with Gasteiger partial charge in [0.15, 0.2) is 0 Å². The molecule has 0 saturated heterocycles. The number of non-ortho nitro benzene ring substituents is 1. The van der Waals surface area contributed by atoms with Crippen LogP contribution in [-0.2, 0) is 6.54 Å². The highest BCUT2D eigenvalue weighted by atomic mass is 16.6. The molecule has 0 spiro atoms. The van der Waals surface area contributed by atoms with Crippen molar-refractivity contribution in [2.45, 2.75) is 13.5 Å². The third-order valence-electron chi connectivity index (χ3n) is 3.73. The molecule has 0 atom stereocenters. The second kappa shape index (κ2) is 6.45. The number of rotatable bonds is 4. The van der Waals surface area contributed by atoms with Crippen molar-refractivity contribution < 1.29 is 9.72 Å². The quantitative estimate of drug-likeness (QED) is 0.589. The molecule has 0 bridgehead atoms. The number of fused-ring (bicyclic) bond motifs is 1. The maximum atomic E-state index is 12.4. The van der Waals surface area contributed by atoms with Crippen LogP contribution in [0.15, 0.2) is 54.6 Å². The van der Waals surface area contributed by atoms with Gasteiger partial charge in [-0.2, -0.15) is 0 Å². The zero-order chi connectivity index (χ0) is 17.1. The number of aromatic nitrogens is 1. The number of carbonyl (C=O) groups excluding carboxylic acids is 1. The van der Waals surface area contributed by atoms with Crippen LogP contribution in [0.2, 0.25) is 0 Å². The first-order valence-electron chi connectivity index (χ1n) is 7.42. The fourth-order valence-corrected chi connectivity index (χ4v) is 2.50. The number of aryl methyl sites for hydroxylation is 1. The van der Waals surface area contributed by atoms with E-state index in [1.807, 2.05) is 24.3 Å². The number of para-hydroxylation sites is 1. The number of carbonyl (C=O) groups is 1. The molecule has 0 unspecified atom stereocenters. The minimum absolute atomic E-state index is 0.00491. The van der Waals surface area contributed by atoms with Crippen molar-refractivity contribution >= 4 is 22.5 Å². The monoisotopic (exact) mass is 321 g/mol. The molecule has 1 aromatic heterocycles. The number of nitro groups is 1. The van der Waals surface area contributed by atoms with Gasteiger partial charge >= 0.3 is 0 Å². The van der Waals surface area contributed by atoms with Gasteiger partial charge < -0.3 is 5.32 Å². The first-order chi connectivity index (χ1) is 11.5. The van der Waals surface area contributed by atoms with Crippen LogP contribution in [0.4, 0.5) is 5.69 Å². The topological polar surface area (TPSA) is 85.1 Å². The minimum atomic E-state index is -0.456. The Morgan fingerprint density at radius 2 is 1.96 bits per heavy atom. The lowest BCUT2D eigenvalue weighted by molar-refractivity contribution is -0.384. The average molecular weight is 321 g/mol. The number of amides is 1. The Hall–Kier alpha value is -3.28. The molecular weight excluding hydrogens is 306 g/mol. The van der Waals surface area contributed by atoms with Crippen LogP contribution in [0.25, 0.3) is 10.9 Å². The summed E-state index contributed by atoms with van der Waals surface area (Å²) in [6.07, 6.45) is 0. The summed E-state index contributed by atoms with van der Waals surface area (Å²) in [4.78, 5) is 27.2. The van der Waals surface area contributed by atoms with E-state index in [0.717, 1.165) is 10.9 Å². The summed E-state index contributed by atoms with van der Waals surface area (Å²) >= 11 is 0. The fraction of sp³-hybridized carbons (Fsp3) is 0.111. The van der Waals surface area contributed by atoms with Crippen LogP contribution in [0.1, 0.15) is 21.6 Å². The molecule has 1 N–H and O–H groups in total. The Balaban J connectivity index is 1.79. The predicted octanol–water partition coefficient (Wildman–Crippen LogP) is 3.38. The Labute approximate surface area is 138 Å². The molecule has 6 heteroatoms. The molecule has 2 aromatic carbocycles. The van der Waals surface area contributed by atoms with E-state index in [1.165, 1.54) is 12.1 Å². The number of hydrogen-bond acceptors (Lipinski definition) is 4. The smallest absolute Gasteiger partial charge is 0.269 e. The molecule has 0 fully saturated rings.